The van der Waals surface area contributed by atoms with Crippen molar-refractivity contribution in [2.45, 2.75) is 25.7 Å². The molecule has 1 aromatic carbocycles. The molecule has 0 bridgehead atoms. The van der Waals surface area contributed by atoms with E-state index in [4.69, 9.17) is 0 Å². The number of carbonyl (C=O) groups excluding carboxylic acids is 2. The molecule has 1 aliphatic heterocycles. The normalized spacial score (nSPS) is 16.3. The van der Waals surface area contributed by atoms with Gasteiger partial charge in [0.15, 0.2) is 0 Å². The first-order valence-corrected chi connectivity index (χ1v) is 7.43. The number of carbonyl (C=O) groups is 2. The van der Waals surface area contributed by atoms with Crippen LogP contribution in [0.25, 0.3) is 5.70 Å². The lowest BCUT2D eigenvalue weighted by molar-refractivity contribution is -0.147. The topological polar surface area (TPSA) is 61.8 Å². The van der Waals surface area contributed by atoms with E-state index < -0.39 is 0 Å². The van der Waals surface area contributed by atoms with Crippen molar-refractivity contribution in [2.75, 3.05) is 13.6 Å². The van der Waals surface area contributed by atoms with Crippen molar-refractivity contribution in [3.63, 3.8) is 0 Å². The zero-order valence-corrected chi connectivity index (χ0v) is 12.8. The van der Waals surface area contributed by atoms with E-state index in [0.717, 1.165) is 17.0 Å². The summed E-state index contributed by atoms with van der Waals surface area (Å²) in [5, 5.41) is 3.12. The molecule has 1 saturated heterocycles. The molecule has 2 rings (SSSR count). The zero-order chi connectivity index (χ0) is 15.9. The standard InChI is InChI=1S/C17H21N3O2/c1-18-14(17(19-2)13-7-4-3-5-8-13)11-12-20-15(21)9-6-10-16(20)22/h3-5,7-8,18H,2,6,9-12H2,1H3/b17-14-. The van der Waals surface area contributed by atoms with E-state index in [0.29, 0.717) is 32.2 Å². The van der Waals surface area contributed by atoms with Crippen LogP contribution in [0.1, 0.15) is 31.2 Å². The van der Waals surface area contributed by atoms with Crippen molar-refractivity contribution in [1.29, 1.82) is 0 Å². The van der Waals surface area contributed by atoms with E-state index in [1.165, 1.54) is 4.90 Å². The van der Waals surface area contributed by atoms with Gasteiger partial charge >= 0.3 is 0 Å². The van der Waals surface area contributed by atoms with Gasteiger partial charge in [-0.2, -0.15) is 0 Å². The Labute approximate surface area is 130 Å². The van der Waals surface area contributed by atoms with Crippen LogP contribution >= 0.6 is 0 Å². The summed E-state index contributed by atoms with van der Waals surface area (Å²) in [4.78, 5) is 29.2. The molecule has 0 saturated carbocycles. The maximum absolute atomic E-state index is 11.8. The summed E-state index contributed by atoms with van der Waals surface area (Å²) in [5.41, 5.74) is 2.57. The van der Waals surface area contributed by atoms with Crippen LogP contribution in [0.2, 0.25) is 0 Å². The molecule has 0 aromatic heterocycles. The Morgan fingerprint density at radius 1 is 1.23 bits per heavy atom. The molecule has 116 valence electrons. The number of rotatable bonds is 6. The molecular weight excluding hydrogens is 278 g/mol. The highest BCUT2D eigenvalue weighted by Crippen LogP contribution is 2.21. The quantitative estimate of drug-likeness (QED) is 0.647. The highest BCUT2D eigenvalue weighted by atomic mass is 16.2. The summed E-state index contributed by atoms with van der Waals surface area (Å²) in [6.45, 7) is 4.01. The average Bonchev–Trinajstić information content (AvgIpc) is 2.54. The number of aliphatic imine (C=N–C) groups is 1. The van der Waals surface area contributed by atoms with Gasteiger partial charge in [-0.3, -0.25) is 19.5 Å². The molecule has 2 amide bonds. The third kappa shape index (κ3) is 3.61. The molecule has 1 N–H and O–H groups in total. The number of benzene rings is 1. The van der Waals surface area contributed by atoms with Crippen LogP contribution in [0.4, 0.5) is 0 Å². The van der Waals surface area contributed by atoms with E-state index in [9.17, 15) is 9.59 Å². The zero-order valence-electron chi connectivity index (χ0n) is 12.8. The van der Waals surface area contributed by atoms with Crippen LogP contribution in [0.5, 0.6) is 0 Å². The summed E-state index contributed by atoms with van der Waals surface area (Å²) in [6.07, 6.45) is 2.11. The van der Waals surface area contributed by atoms with Crippen LogP contribution in [0, 0.1) is 0 Å². The smallest absolute Gasteiger partial charge is 0.229 e. The van der Waals surface area contributed by atoms with E-state index in [1.54, 1.807) is 0 Å². The van der Waals surface area contributed by atoms with E-state index in [1.807, 2.05) is 37.4 Å². The van der Waals surface area contributed by atoms with Crippen LogP contribution in [0.3, 0.4) is 0 Å². The Bertz CT molecular complexity index is 577. The highest BCUT2D eigenvalue weighted by Gasteiger charge is 2.25. The number of nitrogens with one attached hydrogen (secondary N) is 1. The Kier molecular flexibility index (Phi) is 5.47. The Hall–Kier alpha value is -2.43. The first-order valence-electron chi connectivity index (χ1n) is 7.43. The number of nitrogens with zero attached hydrogens (tertiary/aromatic N) is 2. The summed E-state index contributed by atoms with van der Waals surface area (Å²) in [6, 6.07) is 9.72. The lowest BCUT2D eigenvalue weighted by atomic mass is 10.1. The molecule has 0 atom stereocenters. The van der Waals surface area contributed by atoms with Crippen molar-refractivity contribution in [3.05, 3.63) is 41.6 Å². The van der Waals surface area contributed by atoms with Crippen LogP contribution in [-0.4, -0.2) is 37.0 Å². The fourth-order valence-electron chi connectivity index (χ4n) is 2.59. The SMILES string of the molecule is C=N/C(=C(/CCN1C(=O)CCCC1=O)NC)c1ccccc1. The highest BCUT2D eigenvalue weighted by molar-refractivity contribution is 5.97. The minimum Gasteiger partial charge on any atom is -0.390 e. The third-order valence-electron chi connectivity index (χ3n) is 3.76. The van der Waals surface area contributed by atoms with Gasteiger partial charge in [0.1, 0.15) is 0 Å². The van der Waals surface area contributed by atoms with Gasteiger partial charge in [0.05, 0.1) is 5.70 Å². The second-order valence-electron chi connectivity index (χ2n) is 5.14. The van der Waals surface area contributed by atoms with Crippen molar-refractivity contribution in [1.82, 2.24) is 10.2 Å². The van der Waals surface area contributed by atoms with Gasteiger partial charge in [0.2, 0.25) is 11.8 Å². The van der Waals surface area contributed by atoms with Crippen molar-refractivity contribution >= 4 is 24.2 Å². The summed E-state index contributed by atoms with van der Waals surface area (Å²) in [5.74, 6) is -0.168. The molecule has 0 unspecified atom stereocenters. The second-order valence-corrected chi connectivity index (χ2v) is 5.14. The lowest BCUT2D eigenvalue weighted by Gasteiger charge is -2.25. The van der Waals surface area contributed by atoms with E-state index in [2.05, 4.69) is 17.0 Å². The molecule has 1 aliphatic rings. The number of imide groups is 1. The largest absolute Gasteiger partial charge is 0.390 e. The lowest BCUT2D eigenvalue weighted by Crippen LogP contribution is -2.41. The summed E-state index contributed by atoms with van der Waals surface area (Å²) in [7, 11) is 1.81. The molecule has 1 aromatic rings. The maximum atomic E-state index is 11.8. The Morgan fingerprint density at radius 2 is 1.86 bits per heavy atom. The van der Waals surface area contributed by atoms with Crippen molar-refractivity contribution in [2.24, 2.45) is 4.99 Å². The molecule has 0 aliphatic carbocycles. The third-order valence-corrected chi connectivity index (χ3v) is 3.76. The Balaban J connectivity index is 2.17. The molecule has 0 radical (unpaired) electrons. The molecule has 1 fully saturated rings. The van der Waals surface area contributed by atoms with Crippen molar-refractivity contribution < 1.29 is 9.59 Å². The van der Waals surface area contributed by atoms with Gasteiger partial charge < -0.3 is 5.32 Å². The average molecular weight is 299 g/mol. The number of hydrogen-bond donors (Lipinski definition) is 1. The van der Waals surface area contributed by atoms with Crippen LogP contribution < -0.4 is 5.32 Å². The van der Waals surface area contributed by atoms with Crippen LogP contribution in [-0.2, 0) is 9.59 Å². The molecular formula is C17H21N3O2. The van der Waals surface area contributed by atoms with Gasteiger partial charge in [0, 0.05) is 44.1 Å². The molecule has 0 spiro atoms. The number of amides is 2. The number of likely N-dealkylation sites (tertiary alicyclic amines) is 1. The predicted octanol–water partition coefficient (Wildman–Crippen LogP) is 2.20. The molecule has 5 nitrogen and oxygen atoms in total. The summed E-state index contributed by atoms with van der Waals surface area (Å²) < 4.78 is 0. The predicted molar refractivity (Wildman–Crippen MR) is 87.2 cm³/mol. The van der Waals surface area contributed by atoms with Gasteiger partial charge in [0.25, 0.3) is 0 Å². The monoisotopic (exact) mass is 299 g/mol. The first kappa shape index (κ1) is 15.9. The van der Waals surface area contributed by atoms with Gasteiger partial charge in [-0.25, -0.2) is 0 Å². The number of piperidine rings is 1. The first-order chi connectivity index (χ1) is 10.7. The fraction of sp³-hybridized carbons (Fsp3) is 0.353. The maximum Gasteiger partial charge on any atom is 0.229 e. The minimum atomic E-state index is -0.0838. The second kappa shape index (κ2) is 7.54. The van der Waals surface area contributed by atoms with Gasteiger partial charge in [-0.05, 0) is 13.1 Å². The van der Waals surface area contributed by atoms with Gasteiger partial charge in [-0.1, -0.05) is 30.3 Å². The molecule has 5 heteroatoms. The minimum absolute atomic E-state index is 0.0838. The number of hydrogen-bond acceptors (Lipinski definition) is 4. The van der Waals surface area contributed by atoms with Crippen molar-refractivity contribution in [3.8, 4) is 0 Å². The van der Waals surface area contributed by atoms with Gasteiger partial charge in [-0.15, -0.1) is 0 Å². The summed E-state index contributed by atoms with van der Waals surface area (Å²) >= 11 is 0. The fourth-order valence-corrected chi connectivity index (χ4v) is 2.59. The Morgan fingerprint density at radius 3 is 2.41 bits per heavy atom. The van der Waals surface area contributed by atoms with E-state index in [-0.39, 0.29) is 11.8 Å². The van der Waals surface area contributed by atoms with E-state index >= 15 is 0 Å². The van der Waals surface area contributed by atoms with Crippen LogP contribution in [0.15, 0.2) is 41.0 Å². The molecule has 22 heavy (non-hydrogen) atoms. The molecule has 1 heterocycles.